The van der Waals surface area contributed by atoms with Crippen LogP contribution in [0, 0.1) is 17.1 Å². The number of carbonyl (C=O) groups is 1. The molecule has 0 bridgehead atoms. The normalized spacial score (nSPS) is 12.3. The fraction of sp³-hybridized carbons (Fsp3) is 0.318. The number of nitrogens with one attached hydrogen (secondary N) is 1. The average Bonchev–Trinajstić information content (AvgIpc) is 2.72. The van der Waals surface area contributed by atoms with Crippen molar-refractivity contribution in [3.8, 4) is 11.8 Å². The second-order valence-corrected chi connectivity index (χ2v) is 7.86. The van der Waals surface area contributed by atoms with Crippen molar-refractivity contribution in [2.75, 3.05) is 0 Å². The first-order valence-corrected chi connectivity index (χ1v) is 9.71. The molecule has 0 aliphatic heterocycles. The van der Waals surface area contributed by atoms with E-state index in [1.165, 1.54) is 16.8 Å². The zero-order valence-electron chi connectivity index (χ0n) is 17.6. The highest BCUT2D eigenvalue weighted by Crippen LogP contribution is 2.23. The maximum Gasteiger partial charge on any atom is 0.408 e. The van der Waals surface area contributed by atoms with Gasteiger partial charge in [-0.25, -0.2) is 14.2 Å². The number of nitrogens with zero attached hydrogens (tertiary/aromatic N) is 4. The molecule has 0 aliphatic carbocycles. The molecule has 1 N–H and O–H groups in total. The maximum atomic E-state index is 14.6. The molecule has 2 heterocycles. The Bertz CT molecular complexity index is 1230. The van der Waals surface area contributed by atoms with Crippen molar-refractivity contribution in [1.82, 2.24) is 19.9 Å². The topological polar surface area (TPSA) is 110 Å². The molecule has 31 heavy (non-hydrogen) atoms. The highest BCUT2D eigenvalue weighted by molar-refractivity contribution is 5.84. The van der Waals surface area contributed by atoms with Gasteiger partial charge in [-0.05, 0) is 51.5 Å². The summed E-state index contributed by atoms with van der Waals surface area (Å²) in [4.78, 5) is 34.3. The quantitative estimate of drug-likeness (QED) is 0.684. The third-order valence-electron chi connectivity index (χ3n) is 4.44. The lowest BCUT2D eigenvalue weighted by Crippen LogP contribution is -2.38. The van der Waals surface area contributed by atoms with Crippen LogP contribution in [0.3, 0.4) is 0 Å². The zero-order chi connectivity index (χ0) is 22.8. The molecule has 0 spiro atoms. The molecule has 0 fully saturated rings. The molecule has 2 aromatic heterocycles. The van der Waals surface area contributed by atoms with E-state index in [0.29, 0.717) is 12.1 Å². The van der Waals surface area contributed by atoms with Crippen molar-refractivity contribution >= 4 is 17.0 Å². The molecule has 3 aromatic rings. The number of hydrogen-bond acceptors (Lipinski definition) is 6. The number of fused-ring (bicyclic) bond motifs is 1. The highest BCUT2D eigenvalue weighted by atomic mass is 19.1. The summed E-state index contributed by atoms with van der Waals surface area (Å²) in [5.41, 5.74) is -1.21. The number of ether oxygens (including phenoxy) is 1. The lowest BCUT2D eigenvalue weighted by molar-refractivity contribution is 0.0499. The number of aromatic nitrogens is 3. The van der Waals surface area contributed by atoms with Gasteiger partial charge in [0.2, 0.25) is 0 Å². The minimum absolute atomic E-state index is 0.00578. The number of carbonyl (C=O) groups excluding carboxylic acids is 1. The number of benzene rings is 1. The molecular formula is C22H22FN5O3. The Morgan fingerprint density at radius 2 is 2.10 bits per heavy atom. The van der Waals surface area contributed by atoms with E-state index in [4.69, 9.17) is 4.74 Å². The lowest BCUT2D eigenvalue weighted by atomic mass is 10.1. The van der Waals surface area contributed by atoms with E-state index in [1.807, 2.05) is 6.07 Å². The largest absolute Gasteiger partial charge is 0.444 e. The maximum absolute atomic E-state index is 14.6. The Kier molecular flexibility index (Phi) is 6.02. The van der Waals surface area contributed by atoms with Gasteiger partial charge in [0.15, 0.2) is 0 Å². The molecule has 0 saturated carbocycles. The molecule has 8 nitrogen and oxygen atoms in total. The third-order valence-corrected chi connectivity index (χ3v) is 4.44. The van der Waals surface area contributed by atoms with Crippen LogP contribution in [-0.4, -0.2) is 26.2 Å². The van der Waals surface area contributed by atoms with Crippen molar-refractivity contribution < 1.29 is 13.9 Å². The molecule has 160 valence electrons. The number of nitriles is 1. The summed E-state index contributed by atoms with van der Waals surface area (Å²) in [5.74, 6) is -0.634. The number of pyridine rings is 1. The van der Waals surface area contributed by atoms with Crippen LogP contribution in [0.4, 0.5) is 9.18 Å². The zero-order valence-corrected chi connectivity index (χ0v) is 17.6. The number of rotatable bonds is 4. The Hall–Kier alpha value is -3.80. The van der Waals surface area contributed by atoms with Gasteiger partial charge in [0, 0.05) is 6.20 Å². The molecule has 1 unspecified atom stereocenters. The van der Waals surface area contributed by atoms with Crippen molar-refractivity contribution in [1.29, 1.82) is 5.26 Å². The SMILES string of the molecule is CCC(NC(=O)OC(C)(C)C)c1nc2c(F)ccc(C#N)c2c(=O)n1-c1cccnc1. The molecule has 0 saturated heterocycles. The lowest BCUT2D eigenvalue weighted by Gasteiger charge is -2.24. The van der Waals surface area contributed by atoms with E-state index in [1.54, 1.807) is 46.0 Å². The van der Waals surface area contributed by atoms with Crippen LogP contribution in [0.2, 0.25) is 0 Å². The minimum atomic E-state index is -0.766. The first-order chi connectivity index (χ1) is 14.7. The fourth-order valence-electron chi connectivity index (χ4n) is 3.13. The van der Waals surface area contributed by atoms with Crippen molar-refractivity contribution in [3.05, 3.63) is 64.2 Å². The fourth-order valence-corrected chi connectivity index (χ4v) is 3.13. The number of amides is 1. The summed E-state index contributed by atoms with van der Waals surface area (Å²) in [6, 6.07) is 6.75. The van der Waals surface area contributed by atoms with Crippen molar-refractivity contribution in [2.24, 2.45) is 0 Å². The molecule has 9 heteroatoms. The Morgan fingerprint density at radius 1 is 1.35 bits per heavy atom. The minimum Gasteiger partial charge on any atom is -0.444 e. The first kappa shape index (κ1) is 21.9. The van der Waals surface area contributed by atoms with Crippen molar-refractivity contribution in [3.63, 3.8) is 0 Å². The summed E-state index contributed by atoms with van der Waals surface area (Å²) in [7, 11) is 0. The van der Waals surface area contributed by atoms with E-state index in [-0.39, 0.29) is 22.3 Å². The molecule has 1 aromatic carbocycles. The van der Waals surface area contributed by atoms with E-state index in [0.717, 1.165) is 6.07 Å². The van der Waals surface area contributed by atoms with E-state index >= 15 is 0 Å². The van der Waals surface area contributed by atoms with Gasteiger partial charge in [-0.2, -0.15) is 5.26 Å². The van der Waals surface area contributed by atoms with E-state index in [2.05, 4.69) is 15.3 Å². The summed E-state index contributed by atoms with van der Waals surface area (Å²) < 4.78 is 21.2. The second kappa shape index (κ2) is 8.52. The number of halogens is 1. The molecule has 0 aliphatic rings. The van der Waals surface area contributed by atoms with Crippen LogP contribution in [0.5, 0.6) is 0 Å². The summed E-state index contributed by atoms with van der Waals surface area (Å²) >= 11 is 0. The van der Waals surface area contributed by atoms with E-state index < -0.39 is 29.1 Å². The summed E-state index contributed by atoms with van der Waals surface area (Å²) in [6.07, 6.45) is 2.64. The van der Waals surface area contributed by atoms with Gasteiger partial charge in [0.05, 0.1) is 28.9 Å². The molecule has 0 radical (unpaired) electrons. The smallest absolute Gasteiger partial charge is 0.408 e. The van der Waals surface area contributed by atoms with E-state index in [9.17, 15) is 19.2 Å². The predicted octanol–water partition coefficient (Wildman–Crippen LogP) is 3.77. The molecular weight excluding hydrogens is 401 g/mol. The highest BCUT2D eigenvalue weighted by Gasteiger charge is 2.26. The Labute approximate surface area is 178 Å². The monoisotopic (exact) mass is 423 g/mol. The predicted molar refractivity (Wildman–Crippen MR) is 112 cm³/mol. The second-order valence-electron chi connectivity index (χ2n) is 7.86. The van der Waals surface area contributed by atoms with Crippen LogP contribution < -0.4 is 10.9 Å². The third kappa shape index (κ3) is 4.53. The standard InChI is InChI=1S/C22H22FN5O3/c1-5-16(26-21(30)31-22(2,3)4)19-27-18-15(23)9-8-13(11-24)17(18)20(29)28(19)14-7-6-10-25-12-14/h6-10,12,16H,5H2,1-4H3,(H,26,30). The van der Waals surface area contributed by atoms with Gasteiger partial charge in [-0.15, -0.1) is 0 Å². The van der Waals surface area contributed by atoms with Crippen LogP contribution in [0.1, 0.15) is 51.5 Å². The van der Waals surface area contributed by atoms with Crippen LogP contribution in [0.25, 0.3) is 16.6 Å². The van der Waals surface area contributed by atoms with Crippen LogP contribution in [-0.2, 0) is 4.74 Å². The summed E-state index contributed by atoms with van der Waals surface area (Å²) in [5, 5.41) is 12.0. The first-order valence-electron chi connectivity index (χ1n) is 9.71. The summed E-state index contributed by atoms with van der Waals surface area (Å²) in [6.45, 7) is 6.97. The Balaban J connectivity index is 2.29. The molecule has 3 rings (SSSR count). The molecule has 1 amide bonds. The van der Waals surface area contributed by atoms with Gasteiger partial charge in [-0.1, -0.05) is 6.92 Å². The van der Waals surface area contributed by atoms with Gasteiger partial charge in [0.25, 0.3) is 5.56 Å². The average molecular weight is 423 g/mol. The number of hydrogen-bond donors (Lipinski definition) is 1. The molecule has 1 atom stereocenters. The van der Waals surface area contributed by atoms with Crippen LogP contribution in [0.15, 0.2) is 41.5 Å². The van der Waals surface area contributed by atoms with Gasteiger partial charge in [-0.3, -0.25) is 14.3 Å². The van der Waals surface area contributed by atoms with Gasteiger partial charge < -0.3 is 10.1 Å². The van der Waals surface area contributed by atoms with Crippen molar-refractivity contribution in [2.45, 2.75) is 45.8 Å². The Morgan fingerprint density at radius 3 is 2.68 bits per heavy atom. The number of alkyl carbamates (subject to hydrolysis) is 1. The van der Waals surface area contributed by atoms with Gasteiger partial charge >= 0.3 is 6.09 Å². The van der Waals surface area contributed by atoms with Gasteiger partial charge in [0.1, 0.15) is 28.8 Å². The van der Waals surface area contributed by atoms with Crippen LogP contribution >= 0.6 is 0 Å².